The van der Waals surface area contributed by atoms with Gasteiger partial charge in [0.25, 0.3) is 0 Å². The van der Waals surface area contributed by atoms with Gasteiger partial charge >= 0.3 is 0 Å². The molecule has 12 heavy (non-hydrogen) atoms. The minimum Gasteiger partial charge on any atom is -0.369 e. The van der Waals surface area contributed by atoms with E-state index in [9.17, 15) is 0 Å². The summed E-state index contributed by atoms with van der Waals surface area (Å²) in [4.78, 5) is 0. The molecular weight excluding hydrogens is 148 g/mol. The highest BCUT2D eigenvalue weighted by molar-refractivity contribution is 4.95. The van der Waals surface area contributed by atoms with Crippen molar-refractivity contribution in [3.8, 4) is 0 Å². The molecule has 1 saturated heterocycles. The standard InChI is InChI=1S/C11H19O/c1-3-4-5-9-6-8(2)11-10(7-9)12-11/h8-11H,1,3-7H2,2H3. The van der Waals surface area contributed by atoms with Crippen molar-refractivity contribution < 1.29 is 4.74 Å². The average molecular weight is 167 g/mol. The number of epoxide rings is 1. The number of unbranched alkanes of at least 4 members (excludes halogenated alkanes) is 1. The van der Waals surface area contributed by atoms with Crippen molar-refractivity contribution in [2.45, 2.75) is 51.2 Å². The highest BCUT2D eigenvalue weighted by atomic mass is 16.6. The van der Waals surface area contributed by atoms with Gasteiger partial charge in [0.1, 0.15) is 0 Å². The molecule has 2 rings (SSSR count). The zero-order chi connectivity index (χ0) is 8.55. The molecule has 4 unspecified atom stereocenters. The predicted octanol–water partition coefficient (Wildman–Crippen LogP) is 2.80. The average Bonchev–Trinajstić information content (AvgIpc) is 2.80. The fraction of sp³-hybridized carbons (Fsp3) is 0.909. The predicted molar refractivity (Wildman–Crippen MR) is 49.8 cm³/mol. The summed E-state index contributed by atoms with van der Waals surface area (Å²) >= 11 is 0. The third-order valence-corrected chi connectivity index (χ3v) is 3.32. The first kappa shape index (κ1) is 8.55. The maximum absolute atomic E-state index is 5.58. The molecule has 2 fully saturated rings. The van der Waals surface area contributed by atoms with Crippen molar-refractivity contribution in [3.05, 3.63) is 6.92 Å². The van der Waals surface area contributed by atoms with E-state index in [0.29, 0.717) is 12.2 Å². The van der Waals surface area contributed by atoms with Crippen LogP contribution in [-0.4, -0.2) is 12.2 Å². The van der Waals surface area contributed by atoms with E-state index in [1.807, 2.05) is 0 Å². The number of hydrogen-bond acceptors (Lipinski definition) is 1. The van der Waals surface area contributed by atoms with E-state index in [4.69, 9.17) is 4.74 Å². The lowest BCUT2D eigenvalue weighted by Gasteiger charge is -2.23. The minimum absolute atomic E-state index is 0.640. The van der Waals surface area contributed by atoms with Crippen LogP contribution in [0.2, 0.25) is 0 Å². The molecule has 1 aliphatic carbocycles. The largest absolute Gasteiger partial charge is 0.369 e. The molecule has 69 valence electrons. The van der Waals surface area contributed by atoms with E-state index in [2.05, 4.69) is 13.8 Å². The Kier molecular flexibility index (Phi) is 2.40. The summed E-state index contributed by atoms with van der Waals surface area (Å²) in [7, 11) is 0. The van der Waals surface area contributed by atoms with Crippen LogP contribution >= 0.6 is 0 Å². The lowest BCUT2D eigenvalue weighted by molar-refractivity contribution is 0.297. The summed E-state index contributed by atoms with van der Waals surface area (Å²) in [6.45, 7) is 6.22. The molecule has 1 saturated carbocycles. The maximum Gasteiger partial charge on any atom is 0.0867 e. The van der Waals surface area contributed by atoms with E-state index >= 15 is 0 Å². The van der Waals surface area contributed by atoms with Crippen LogP contribution in [0.4, 0.5) is 0 Å². The third kappa shape index (κ3) is 1.66. The lowest BCUT2D eigenvalue weighted by atomic mass is 9.80. The molecule has 0 aromatic rings. The zero-order valence-electron chi connectivity index (χ0n) is 7.96. The van der Waals surface area contributed by atoms with Crippen molar-refractivity contribution in [2.24, 2.45) is 11.8 Å². The summed E-state index contributed by atoms with van der Waals surface area (Å²) in [6, 6.07) is 0. The molecule has 2 aliphatic rings. The second-order valence-corrected chi connectivity index (χ2v) is 4.45. The van der Waals surface area contributed by atoms with E-state index in [-0.39, 0.29) is 0 Å². The van der Waals surface area contributed by atoms with Crippen LogP contribution in [-0.2, 0) is 4.74 Å². The molecule has 1 radical (unpaired) electrons. The number of rotatable bonds is 3. The molecule has 0 bridgehead atoms. The Morgan fingerprint density at radius 1 is 1.42 bits per heavy atom. The van der Waals surface area contributed by atoms with Crippen LogP contribution in [0.3, 0.4) is 0 Å². The van der Waals surface area contributed by atoms with Crippen molar-refractivity contribution in [1.82, 2.24) is 0 Å². The first-order valence-corrected chi connectivity index (χ1v) is 5.26. The van der Waals surface area contributed by atoms with Crippen molar-refractivity contribution in [2.75, 3.05) is 0 Å². The normalized spacial score (nSPS) is 45.5. The zero-order valence-corrected chi connectivity index (χ0v) is 7.96. The molecule has 0 amide bonds. The second-order valence-electron chi connectivity index (χ2n) is 4.45. The first-order chi connectivity index (χ1) is 5.81. The fourth-order valence-corrected chi connectivity index (χ4v) is 2.60. The van der Waals surface area contributed by atoms with Gasteiger partial charge in [-0.25, -0.2) is 0 Å². The number of hydrogen-bond donors (Lipinski definition) is 0. The van der Waals surface area contributed by atoms with Crippen LogP contribution in [0.1, 0.15) is 39.0 Å². The van der Waals surface area contributed by atoms with Gasteiger partial charge < -0.3 is 4.74 Å². The summed E-state index contributed by atoms with van der Waals surface area (Å²) in [5, 5.41) is 0. The molecule has 0 aromatic heterocycles. The third-order valence-electron chi connectivity index (χ3n) is 3.32. The van der Waals surface area contributed by atoms with E-state index in [0.717, 1.165) is 18.3 Å². The van der Waals surface area contributed by atoms with Gasteiger partial charge in [0.2, 0.25) is 0 Å². The van der Waals surface area contributed by atoms with Crippen LogP contribution < -0.4 is 0 Å². The van der Waals surface area contributed by atoms with Crippen molar-refractivity contribution >= 4 is 0 Å². The van der Waals surface area contributed by atoms with E-state index < -0.39 is 0 Å². The topological polar surface area (TPSA) is 12.5 Å². The SMILES string of the molecule is [CH2]CCCC1CC(C)C2OC2C1. The van der Waals surface area contributed by atoms with E-state index in [1.54, 1.807) is 0 Å². The Hall–Kier alpha value is -0.0400. The van der Waals surface area contributed by atoms with Gasteiger partial charge in [0.05, 0.1) is 12.2 Å². The first-order valence-electron chi connectivity index (χ1n) is 5.26. The molecule has 1 heterocycles. The maximum atomic E-state index is 5.58. The Morgan fingerprint density at radius 2 is 2.25 bits per heavy atom. The Bertz CT molecular complexity index is 155. The monoisotopic (exact) mass is 167 g/mol. The van der Waals surface area contributed by atoms with Crippen LogP contribution in [0.5, 0.6) is 0 Å². The lowest BCUT2D eigenvalue weighted by Crippen LogP contribution is -2.20. The Balaban J connectivity index is 1.76. The van der Waals surface area contributed by atoms with Gasteiger partial charge in [-0.05, 0) is 24.7 Å². The van der Waals surface area contributed by atoms with Crippen molar-refractivity contribution in [1.29, 1.82) is 0 Å². The molecule has 1 nitrogen and oxygen atoms in total. The van der Waals surface area contributed by atoms with Gasteiger partial charge in [-0.15, -0.1) is 0 Å². The quantitative estimate of drug-likeness (QED) is 0.589. The van der Waals surface area contributed by atoms with Gasteiger partial charge in [-0.2, -0.15) is 0 Å². The molecule has 0 aromatic carbocycles. The summed E-state index contributed by atoms with van der Waals surface area (Å²) in [6.07, 6.45) is 7.77. The highest BCUT2D eigenvalue weighted by Gasteiger charge is 2.47. The van der Waals surface area contributed by atoms with E-state index in [1.165, 1.54) is 25.7 Å². The number of fused-ring (bicyclic) bond motifs is 1. The van der Waals surface area contributed by atoms with Gasteiger partial charge in [-0.1, -0.05) is 33.1 Å². The Labute approximate surface area is 75.5 Å². The summed E-state index contributed by atoms with van der Waals surface area (Å²) in [5.41, 5.74) is 0. The molecule has 1 aliphatic heterocycles. The van der Waals surface area contributed by atoms with Gasteiger partial charge in [-0.3, -0.25) is 0 Å². The summed E-state index contributed by atoms with van der Waals surface area (Å²) < 4.78 is 5.58. The van der Waals surface area contributed by atoms with Crippen LogP contribution in [0, 0.1) is 18.8 Å². The smallest absolute Gasteiger partial charge is 0.0867 e. The molecular formula is C11H19O. The Morgan fingerprint density at radius 3 is 2.92 bits per heavy atom. The minimum atomic E-state index is 0.640. The molecule has 0 spiro atoms. The van der Waals surface area contributed by atoms with Gasteiger partial charge in [0.15, 0.2) is 0 Å². The second kappa shape index (κ2) is 3.37. The molecule has 4 atom stereocenters. The highest BCUT2D eigenvalue weighted by Crippen LogP contribution is 2.44. The van der Waals surface area contributed by atoms with Crippen LogP contribution in [0.15, 0.2) is 0 Å². The molecule has 0 N–H and O–H groups in total. The fourth-order valence-electron chi connectivity index (χ4n) is 2.60. The number of ether oxygens (including phenoxy) is 1. The molecule has 1 heteroatoms. The summed E-state index contributed by atoms with van der Waals surface area (Å²) in [5.74, 6) is 1.75. The van der Waals surface area contributed by atoms with Crippen molar-refractivity contribution in [3.63, 3.8) is 0 Å². The van der Waals surface area contributed by atoms with Crippen LogP contribution in [0.25, 0.3) is 0 Å². The van der Waals surface area contributed by atoms with Gasteiger partial charge in [0, 0.05) is 0 Å².